The Labute approximate surface area is 66.9 Å². The van der Waals surface area contributed by atoms with E-state index in [9.17, 15) is 4.79 Å². The SMILES string of the molecule is CCC1CNC(=O)CC(C)=N1. The average molecular weight is 154 g/mol. The van der Waals surface area contributed by atoms with E-state index >= 15 is 0 Å². The van der Waals surface area contributed by atoms with Gasteiger partial charge in [0.1, 0.15) is 0 Å². The maximum atomic E-state index is 11.0. The quantitative estimate of drug-likeness (QED) is 0.594. The lowest BCUT2D eigenvalue weighted by molar-refractivity contribution is -0.119. The van der Waals surface area contributed by atoms with Crippen molar-refractivity contribution in [3.8, 4) is 0 Å². The zero-order valence-corrected chi connectivity index (χ0v) is 7.05. The van der Waals surface area contributed by atoms with Gasteiger partial charge in [0, 0.05) is 12.3 Å². The predicted octanol–water partition coefficient (Wildman–Crippen LogP) is 0.746. The highest BCUT2D eigenvalue weighted by Crippen LogP contribution is 2.02. The van der Waals surface area contributed by atoms with Gasteiger partial charge in [0.05, 0.1) is 12.5 Å². The van der Waals surface area contributed by atoms with Crippen LogP contribution in [0.4, 0.5) is 0 Å². The third kappa shape index (κ3) is 2.33. The zero-order chi connectivity index (χ0) is 8.27. The minimum absolute atomic E-state index is 0.0993. The summed E-state index contributed by atoms with van der Waals surface area (Å²) in [6.07, 6.45) is 1.47. The number of hydrogen-bond donors (Lipinski definition) is 1. The van der Waals surface area contributed by atoms with Gasteiger partial charge in [-0.3, -0.25) is 9.79 Å². The van der Waals surface area contributed by atoms with Gasteiger partial charge in [0.25, 0.3) is 0 Å². The van der Waals surface area contributed by atoms with Crippen molar-refractivity contribution in [2.75, 3.05) is 6.54 Å². The van der Waals surface area contributed by atoms with Crippen molar-refractivity contribution in [1.82, 2.24) is 5.32 Å². The standard InChI is InChI=1S/C8H14N2O/c1-3-7-5-9-8(11)4-6(2)10-7/h7H,3-5H2,1-2H3,(H,9,11). The van der Waals surface area contributed by atoms with Crippen LogP contribution >= 0.6 is 0 Å². The molecular formula is C8H14N2O. The van der Waals surface area contributed by atoms with Gasteiger partial charge >= 0.3 is 0 Å². The summed E-state index contributed by atoms with van der Waals surface area (Å²) in [6.45, 7) is 4.69. The summed E-state index contributed by atoms with van der Waals surface area (Å²) in [5.41, 5.74) is 0.951. The molecule has 0 radical (unpaired) electrons. The minimum Gasteiger partial charge on any atom is -0.354 e. The second-order valence-corrected chi connectivity index (χ2v) is 2.91. The summed E-state index contributed by atoms with van der Waals surface area (Å²) in [7, 11) is 0. The molecule has 3 heteroatoms. The first-order valence-electron chi connectivity index (χ1n) is 4.02. The third-order valence-corrected chi connectivity index (χ3v) is 1.83. The van der Waals surface area contributed by atoms with Gasteiger partial charge in [-0.15, -0.1) is 0 Å². The van der Waals surface area contributed by atoms with Gasteiger partial charge in [-0.1, -0.05) is 6.92 Å². The molecular weight excluding hydrogens is 140 g/mol. The van der Waals surface area contributed by atoms with Crippen LogP contribution in [0.2, 0.25) is 0 Å². The van der Waals surface area contributed by atoms with Crippen LogP contribution in [0.5, 0.6) is 0 Å². The second kappa shape index (κ2) is 3.51. The molecule has 1 aliphatic rings. The monoisotopic (exact) mass is 154 g/mol. The van der Waals surface area contributed by atoms with Gasteiger partial charge in [-0.05, 0) is 13.3 Å². The Morgan fingerprint density at radius 1 is 1.73 bits per heavy atom. The number of nitrogens with one attached hydrogen (secondary N) is 1. The highest BCUT2D eigenvalue weighted by molar-refractivity contribution is 6.00. The molecule has 0 fully saturated rings. The second-order valence-electron chi connectivity index (χ2n) is 2.91. The molecule has 0 spiro atoms. The van der Waals surface area contributed by atoms with Crippen LogP contribution in [0.25, 0.3) is 0 Å². The fraction of sp³-hybridized carbons (Fsp3) is 0.750. The van der Waals surface area contributed by atoms with Crippen LogP contribution in [-0.4, -0.2) is 24.2 Å². The molecule has 0 aromatic rings. The molecule has 1 atom stereocenters. The first-order valence-corrected chi connectivity index (χ1v) is 4.02. The van der Waals surface area contributed by atoms with Gasteiger partial charge in [-0.2, -0.15) is 0 Å². The predicted molar refractivity (Wildman–Crippen MR) is 44.8 cm³/mol. The first-order chi connectivity index (χ1) is 5.22. The van der Waals surface area contributed by atoms with E-state index in [2.05, 4.69) is 17.2 Å². The van der Waals surface area contributed by atoms with E-state index in [4.69, 9.17) is 0 Å². The largest absolute Gasteiger partial charge is 0.354 e. The summed E-state index contributed by atoms with van der Waals surface area (Å²) in [5, 5.41) is 2.82. The van der Waals surface area contributed by atoms with Gasteiger partial charge in [0.2, 0.25) is 5.91 Å². The normalized spacial score (nSPS) is 25.5. The molecule has 62 valence electrons. The van der Waals surface area contributed by atoms with Crippen molar-refractivity contribution in [2.24, 2.45) is 4.99 Å². The van der Waals surface area contributed by atoms with Crippen molar-refractivity contribution < 1.29 is 4.79 Å². The van der Waals surface area contributed by atoms with E-state index in [0.29, 0.717) is 19.0 Å². The van der Waals surface area contributed by atoms with E-state index in [-0.39, 0.29) is 5.91 Å². The maximum absolute atomic E-state index is 11.0. The van der Waals surface area contributed by atoms with Crippen molar-refractivity contribution in [3.05, 3.63) is 0 Å². The van der Waals surface area contributed by atoms with Crippen LogP contribution in [0.15, 0.2) is 4.99 Å². The highest BCUT2D eigenvalue weighted by atomic mass is 16.1. The lowest BCUT2D eigenvalue weighted by atomic mass is 10.2. The fourth-order valence-corrected chi connectivity index (χ4v) is 1.17. The number of nitrogens with zero attached hydrogens (tertiary/aromatic N) is 1. The molecule has 1 N–H and O–H groups in total. The van der Waals surface area contributed by atoms with E-state index in [0.717, 1.165) is 12.1 Å². The van der Waals surface area contributed by atoms with Crippen molar-refractivity contribution in [2.45, 2.75) is 32.7 Å². The van der Waals surface area contributed by atoms with Gasteiger partial charge in [0.15, 0.2) is 0 Å². The van der Waals surface area contributed by atoms with Crippen LogP contribution in [0, 0.1) is 0 Å². The smallest absolute Gasteiger partial charge is 0.225 e. The van der Waals surface area contributed by atoms with E-state index < -0.39 is 0 Å². The molecule has 0 saturated carbocycles. The number of carbonyl (C=O) groups is 1. The Morgan fingerprint density at radius 2 is 2.45 bits per heavy atom. The number of hydrogen-bond acceptors (Lipinski definition) is 2. The van der Waals surface area contributed by atoms with E-state index in [1.54, 1.807) is 0 Å². The Kier molecular flexibility index (Phi) is 2.63. The van der Waals surface area contributed by atoms with E-state index in [1.807, 2.05) is 6.92 Å². The summed E-state index contributed by atoms with van der Waals surface area (Å²) >= 11 is 0. The van der Waals surface area contributed by atoms with Gasteiger partial charge < -0.3 is 5.32 Å². The lowest BCUT2D eigenvalue weighted by Gasteiger charge is -2.06. The zero-order valence-electron chi connectivity index (χ0n) is 7.05. The Bertz CT molecular complexity index is 187. The summed E-state index contributed by atoms with van der Waals surface area (Å²) in [5.74, 6) is 0.0993. The first kappa shape index (κ1) is 8.24. The third-order valence-electron chi connectivity index (χ3n) is 1.83. The molecule has 0 aromatic carbocycles. The number of carbonyl (C=O) groups excluding carboxylic acids is 1. The number of rotatable bonds is 1. The van der Waals surface area contributed by atoms with Gasteiger partial charge in [-0.25, -0.2) is 0 Å². The highest BCUT2D eigenvalue weighted by Gasteiger charge is 2.12. The van der Waals surface area contributed by atoms with Crippen molar-refractivity contribution in [1.29, 1.82) is 0 Å². The average Bonchev–Trinajstić information content (AvgIpc) is 2.11. The van der Waals surface area contributed by atoms with E-state index in [1.165, 1.54) is 0 Å². The topological polar surface area (TPSA) is 41.5 Å². The number of amides is 1. The molecule has 1 unspecified atom stereocenters. The molecule has 0 bridgehead atoms. The Hall–Kier alpha value is -0.860. The van der Waals surface area contributed by atoms with Crippen LogP contribution in [0.3, 0.4) is 0 Å². The molecule has 3 nitrogen and oxygen atoms in total. The lowest BCUT2D eigenvalue weighted by Crippen LogP contribution is -2.28. The van der Waals surface area contributed by atoms with Crippen molar-refractivity contribution in [3.63, 3.8) is 0 Å². The number of aliphatic imine (C=N–C) groups is 1. The summed E-state index contributed by atoms with van der Waals surface area (Å²) < 4.78 is 0. The molecule has 1 amide bonds. The summed E-state index contributed by atoms with van der Waals surface area (Å²) in [4.78, 5) is 15.3. The van der Waals surface area contributed by atoms with Crippen LogP contribution in [-0.2, 0) is 4.79 Å². The molecule has 0 aliphatic carbocycles. The maximum Gasteiger partial charge on any atom is 0.225 e. The minimum atomic E-state index is 0.0993. The Morgan fingerprint density at radius 3 is 3.09 bits per heavy atom. The molecule has 0 aromatic heterocycles. The fourth-order valence-electron chi connectivity index (χ4n) is 1.17. The van der Waals surface area contributed by atoms with Crippen LogP contribution in [0.1, 0.15) is 26.7 Å². The molecule has 1 heterocycles. The molecule has 1 rings (SSSR count). The van der Waals surface area contributed by atoms with Crippen LogP contribution < -0.4 is 5.32 Å². The Balaban J connectivity index is 2.62. The molecule has 1 aliphatic heterocycles. The molecule has 0 saturated heterocycles. The summed E-state index contributed by atoms with van der Waals surface area (Å²) in [6, 6.07) is 0.293. The van der Waals surface area contributed by atoms with Crippen molar-refractivity contribution >= 4 is 11.6 Å². The molecule has 11 heavy (non-hydrogen) atoms.